The SMILES string of the molecule is CC(C)(C)C(O)CC(O)C(C)(C)C.c1ccc(-c2ccc3ccccc3n2)cc1.c1ccc(-c2ccc3ccccc3n2)cc1. The fourth-order valence-electron chi connectivity index (χ4n) is 4.59. The van der Waals surface area contributed by atoms with E-state index in [1.807, 2.05) is 114 Å². The molecule has 4 nitrogen and oxygen atoms in total. The van der Waals surface area contributed by atoms with Gasteiger partial charge < -0.3 is 10.2 Å². The second kappa shape index (κ2) is 15.1. The van der Waals surface area contributed by atoms with Gasteiger partial charge in [0.15, 0.2) is 0 Å². The number of fused-ring (bicyclic) bond motifs is 2. The van der Waals surface area contributed by atoms with E-state index in [9.17, 15) is 10.2 Å². The van der Waals surface area contributed by atoms with Crippen molar-refractivity contribution in [2.75, 3.05) is 0 Å². The van der Waals surface area contributed by atoms with E-state index in [0.29, 0.717) is 6.42 Å². The van der Waals surface area contributed by atoms with Crippen molar-refractivity contribution in [2.45, 2.75) is 60.2 Å². The lowest BCUT2D eigenvalue weighted by molar-refractivity contribution is -0.0239. The second-order valence-electron chi connectivity index (χ2n) is 13.5. The molecule has 0 aliphatic rings. The second-order valence-corrected chi connectivity index (χ2v) is 13.5. The van der Waals surface area contributed by atoms with Crippen LogP contribution in [0.25, 0.3) is 44.3 Å². The zero-order chi connectivity index (χ0) is 32.5. The van der Waals surface area contributed by atoms with Crippen molar-refractivity contribution < 1.29 is 10.2 Å². The van der Waals surface area contributed by atoms with Gasteiger partial charge in [-0.25, -0.2) is 9.97 Å². The fraction of sp³-hybridized carbons (Fsp3) is 0.268. The molecule has 2 unspecified atom stereocenters. The number of aliphatic hydroxyl groups excluding tert-OH is 2. The van der Waals surface area contributed by atoms with Crippen LogP contribution in [0.1, 0.15) is 48.0 Å². The van der Waals surface area contributed by atoms with Crippen LogP contribution in [0, 0.1) is 10.8 Å². The molecule has 0 aliphatic heterocycles. The van der Waals surface area contributed by atoms with Crippen molar-refractivity contribution in [1.82, 2.24) is 9.97 Å². The fourth-order valence-corrected chi connectivity index (χ4v) is 4.59. The molecule has 2 N–H and O–H groups in total. The Kier molecular flexibility index (Phi) is 11.2. The number of benzene rings is 4. The van der Waals surface area contributed by atoms with Gasteiger partial charge in [-0.2, -0.15) is 0 Å². The Morgan fingerprint density at radius 2 is 0.778 bits per heavy atom. The van der Waals surface area contributed by atoms with E-state index in [1.54, 1.807) is 0 Å². The summed E-state index contributed by atoms with van der Waals surface area (Å²) in [6.07, 6.45) is -0.434. The summed E-state index contributed by atoms with van der Waals surface area (Å²) in [7, 11) is 0. The van der Waals surface area contributed by atoms with E-state index >= 15 is 0 Å². The van der Waals surface area contributed by atoms with Crippen LogP contribution in [-0.2, 0) is 0 Å². The molecule has 4 heteroatoms. The maximum Gasteiger partial charge on any atom is 0.0709 e. The molecular weight excluding hydrogens is 552 g/mol. The monoisotopic (exact) mass is 598 g/mol. The lowest BCUT2D eigenvalue weighted by Crippen LogP contribution is -2.35. The number of aliphatic hydroxyl groups is 2. The Morgan fingerprint density at radius 3 is 1.13 bits per heavy atom. The molecule has 6 rings (SSSR count). The van der Waals surface area contributed by atoms with Gasteiger partial charge in [0.2, 0.25) is 0 Å². The van der Waals surface area contributed by atoms with Crippen molar-refractivity contribution in [1.29, 1.82) is 0 Å². The van der Waals surface area contributed by atoms with Gasteiger partial charge in [-0.05, 0) is 35.1 Å². The molecule has 2 aromatic heterocycles. The smallest absolute Gasteiger partial charge is 0.0709 e. The van der Waals surface area contributed by atoms with Crippen LogP contribution in [0.2, 0.25) is 0 Å². The van der Waals surface area contributed by atoms with E-state index in [2.05, 4.69) is 70.6 Å². The highest BCUT2D eigenvalue weighted by Crippen LogP contribution is 2.29. The number of hydrogen-bond acceptors (Lipinski definition) is 4. The average Bonchev–Trinajstić information content (AvgIpc) is 3.05. The van der Waals surface area contributed by atoms with E-state index in [-0.39, 0.29) is 10.8 Å². The van der Waals surface area contributed by atoms with Crippen LogP contribution in [0.5, 0.6) is 0 Å². The minimum Gasteiger partial charge on any atom is -0.392 e. The van der Waals surface area contributed by atoms with E-state index < -0.39 is 12.2 Å². The molecule has 0 saturated heterocycles. The number of nitrogens with zero attached hydrogens (tertiary/aromatic N) is 2. The predicted molar refractivity (Wildman–Crippen MR) is 190 cm³/mol. The van der Waals surface area contributed by atoms with Crippen molar-refractivity contribution >= 4 is 21.8 Å². The normalized spacial score (nSPS) is 12.8. The highest BCUT2D eigenvalue weighted by atomic mass is 16.3. The van der Waals surface area contributed by atoms with Crippen molar-refractivity contribution in [3.05, 3.63) is 133 Å². The zero-order valence-corrected chi connectivity index (χ0v) is 27.4. The molecule has 6 aromatic rings. The molecule has 0 bridgehead atoms. The molecule has 0 aliphatic carbocycles. The van der Waals surface area contributed by atoms with E-state index in [4.69, 9.17) is 0 Å². The minimum atomic E-state index is -0.443. The Balaban J connectivity index is 0.000000155. The highest BCUT2D eigenvalue weighted by molar-refractivity contribution is 5.82. The molecule has 0 amide bonds. The van der Waals surface area contributed by atoms with Crippen molar-refractivity contribution in [3.63, 3.8) is 0 Å². The van der Waals surface area contributed by atoms with Gasteiger partial charge in [-0.1, -0.05) is 151 Å². The Morgan fingerprint density at radius 1 is 0.444 bits per heavy atom. The molecule has 232 valence electrons. The van der Waals surface area contributed by atoms with Crippen LogP contribution in [0.15, 0.2) is 133 Å². The Labute approximate surface area is 268 Å². The summed E-state index contributed by atoms with van der Waals surface area (Å²) in [5.74, 6) is 0. The van der Waals surface area contributed by atoms with Gasteiger partial charge in [0.25, 0.3) is 0 Å². The molecule has 45 heavy (non-hydrogen) atoms. The third-order valence-electron chi connectivity index (χ3n) is 7.78. The number of aromatic nitrogens is 2. The first kappa shape index (κ1) is 33.5. The number of para-hydroxylation sites is 2. The number of hydrogen-bond donors (Lipinski definition) is 2. The van der Waals surface area contributed by atoms with Crippen LogP contribution in [0.4, 0.5) is 0 Å². The number of rotatable bonds is 4. The third-order valence-corrected chi connectivity index (χ3v) is 7.78. The van der Waals surface area contributed by atoms with Gasteiger partial charge in [0.1, 0.15) is 0 Å². The van der Waals surface area contributed by atoms with Gasteiger partial charge in [0, 0.05) is 28.3 Å². The van der Waals surface area contributed by atoms with Crippen LogP contribution in [0.3, 0.4) is 0 Å². The molecule has 0 fully saturated rings. The third kappa shape index (κ3) is 9.81. The van der Waals surface area contributed by atoms with Gasteiger partial charge in [-0.15, -0.1) is 0 Å². The summed E-state index contributed by atoms with van der Waals surface area (Å²) in [6, 6.07) is 45.2. The summed E-state index contributed by atoms with van der Waals surface area (Å²) >= 11 is 0. The topological polar surface area (TPSA) is 66.2 Å². The van der Waals surface area contributed by atoms with Crippen LogP contribution >= 0.6 is 0 Å². The molecule has 2 heterocycles. The molecular formula is C41H46N2O2. The summed E-state index contributed by atoms with van der Waals surface area (Å²) < 4.78 is 0. The number of pyridine rings is 2. The molecule has 4 aromatic carbocycles. The Hall–Kier alpha value is -4.38. The minimum absolute atomic E-state index is 0.147. The molecule has 2 atom stereocenters. The maximum atomic E-state index is 9.76. The van der Waals surface area contributed by atoms with E-state index in [0.717, 1.165) is 33.5 Å². The molecule has 0 spiro atoms. The van der Waals surface area contributed by atoms with Gasteiger partial charge in [0.05, 0.1) is 34.6 Å². The van der Waals surface area contributed by atoms with Crippen LogP contribution in [-0.4, -0.2) is 32.4 Å². The van der Waals surface area contributed by atoms with Crippen molar-refractivity contribution in [2.24, 2.45) is 10.8 Å². The lowest BCUT2D eigenvalue weighted by Gasteiger charge is -2.32. The van der Waals surface area contributed by atoms with Crippen LogP contribution < -0.4 is 0 Å². The summed E-state index contributed by atoms with van der Waals surface area (Å²) in [5, 5.41) is 21.9. The van der Waals surface area contributed by atoms with Crippen molar-refractivity contribution in [3.8, 4) is 22.5 Å². The summed E-state index contributed by atoms with van der Waals surface area (Å²) in [6.45, 7) is 11.9. The van der Waals surface area contributed by atoms with Gasteiger partial charge in [-0.3, -0.25) is 0 Å². The molecule has 0 radical (unpaired) electrons. The quantitative estimate of drug-likeness (QED) is 0.212. The standard InChI is InChI=1S/2C15H11N.C11H24O2/c2*1-2-6-12(7-3-1)15-11-10-13-8-4-5-9-14(13)16-15;1-10(2,3)8(12)7-9(13)11(4,5)6/h2*1-11H;8-9,12-13H,7H2,1-6H3. The van der Waals surface area contributed by atoms with Gasteiger partial charge >= 0.3 is 0 Å². The summed E-state index contributed by atoms with van der Waals surface area (Å²) in [4.78, 5) is 9.29. The van der Waals surface area contributed by atoms with E-state index in [1.165, 1.54) is 10.8 Å². The first-order valence-electron chi connectivity index (χ1n) is 15.6. The molecule has 0 saturated carbocycles. The predicted octanol–water partition coefficient (Wildman–Crippen LogP) is 9.99. The Bertz CT molecular complexity index is 1640. The summed E-state index contributed by atoms with van der Waals surface area (Å²) in [5.41, 5.74) is 6.17. The highest BCUT2D eigenvalue weighted by Gasteiger charge is 2.30. The average molecular weight is 599 g/mol. The zero-order valence-electron chi connectivity index (χ0n) is 27.4. The first-order valence-corrected chi connectivity index (χ1v) is 15.6. The first-order chi connectivity index (χ1) is 21.4. The maximum absolute atomic E-state index is 9.76. The largest absolute Gasteiger partial charge is 0.392 e. The lowest BCUT2D eigenvalue weighted by atomic mass is 9.79.